The number of rotatable bonds is 6. The summed E-state index contributed by atoms with van der Waals surface area (Å²) in [7, 11) is 0. The van der Waals surface area contributed by atoms with Crippen molar-refractivity contribution in [1.29, 1.82) is 0 Å². The maximum Gasteiger partial charge on any atom is 0.241 e. The minimum Gasteiger partial charge on any atom is -0.365 e. The summed E-state index contributed by atoms with van der Waals surface area (Å²) in [5.74, 6) is 0. The average molecular weight is 445 g/mol. The van der Waals surface area contributed by atoms with Crippen LogP contribution in [0, 0.1) is 15.3 Å². The third-order valence-corrected chi connectivity index (χ3v) is 4.47. The molecule has 1 N–H and O–H groups in total. The van der Waals surface area contributed by atoms with E-state index in [2.05, 4.69) is 4.98 Å². The molecule has 0 aliphatic carbocycles. The van der Waals surface area contributed by atoms with E-state index in [1.54, 1.807) is 6.07 Å². The van der Waals surface area contributed by atoms with Crippen LogP contribution in [0.5, 0.6) is 0 Å². The van der Waals surface area contributed by atoms with Crippen LogP contribution in [0.1, 0.15) is 17.2 Å². The molecule has 0 bridgehead atoms. The molecule has 0 saturated heterocycles. The first-order valence-corrected chi connectivity index (χ1v) is 9.13. The second-order valence-corrected chi connectivity index (χ2v) is 6.90. The summed E-state index contributed by atoms with van der Waals surface area (Å²) < 4.78 is 8.15. The van der Waals surface area contributed by atoms with E-state index in [-0.39, 0.29) is 6.10 Å². The number of imidazole rings is 1. The van der Waals surface area contributed by atoms with Crippen molar-refractivity contribution in [3.63, 3.8) is 0 Å². The number of hydrogen-bond donors (Lipinski definition) is 1. The van der Waals surface area contributed by atoms with Gasteiger partial charge in [-0.05, 0) is 29.8 Å². The molecule has 1 aromatic heterocycles. The van der Waals surface area contributed by atoms with Gasteiger partial charge in [-0.2, -0.15) is 0 Å². The molecule has 0 radical (unpaired) electrons. The molecule has 0 amide bonds. The Morgan fingerprint density at radius 3 is 2.29 bits per heavy atom. The molecular weight excluding hydrogens is 429 g/mol. The molecule has 10 heteroatoms. The van der Waals surface area contributed by atoms with Gasteiger partial charge in [0.1, 0.15) is 25.0 Å². The Bertz CT molecular complexity index is 886. The van der Waals surface area contributed by atoms with Crippen LogP contribution in [0.25, 0.3) is 0 Å². The minimum atomic E-state index is -1.75. The van der Waals surface area contributed by atoms with Crippen molar-refractivity contribution in [3.05, 3.63) is 103 Å². The van der Waals surface area contributed by atoms with Crippen LogP contribution in [0.15, 0.2) is 61.2 Å². The lowest BCUT2D eigenvalue weighted by Crippen LogP contribution is -2.35. The van der Waals surface area contributed by atoms with Crippen LogP contribution in [0.4, 0.5) is 0 Å². The SMILES string of the molecule is Clc1ccc(COC(C[n+]2cc[nH]c2)c2ccc(Cl)cc2Cl)cc1.O=[N+]([O-])[O-]. The molecule has 1 unspecified atom stereocenters. The Morgan fingerprint density at radius 1 is 1.07 bits per heavy atom. The first kappa shape index (κ1) is 22.0. The third-order valence-electron chi connectivity index (χ3n) is 3.65. The van der Waals surface area contributed by atoms with Crippen LogP contribution in [0.2, 0.25) is 15.1 Å². The molecule has 1 heterocycles. The normalized spacial score (nSPS) is 11.4. The van der Waals surface area contributed by atoms with E-state index in [1.807, 2.05) is 59.7 Å². The zero-order valence-corrected chi connectivity index (χ0v) is 16.7. The van der Waals surface area contributed by atoms with Crippen LogP contribution in [0.3, 0.4) is 0 Å². The summed E-state index contributed by atoms with van der Waals surface area (Å²) in [6.07, 6.45) is 5.48. The average Bonchev–Trinajstić information content (AvgIpc) is 3.13. The smallest absolute Gasteiger partial charge is 0.241 e. The molecule has 3 aromatic rings. The molecule has 7 nitrogen and oxygen atoms in total. The van der Waals surface area contributed by atoms with Gasteiger partial charge in [-0.15, -0.1) is 0 Å². The molecule has 0 saturated carbocycles. The van der Waals surface area contributed by atoms with E-state index in [0.717, 1.165) is 11.1 Å². The van der Waals surface area contributed by atoms with Gasteiger partial charge in [-0.1, -0.05) is 53.0 Å². The summed E-state index contributed by atoms with van der Waals surface area (Å²) in [5, 5.41) is 16.7. The number of aromatic amines is 1. The van der Waals surface area contributed by atoms with Crippen LogP contribution < -0.4 is 4.57 Å². The summed E-state index contributed by atoms with van der Waals surface area (Å²) >= 11 is 18.3. The van der Waals surface area contributed by atoms with Crippen molar-refractivity contribution in [2.24, 2.45) is 0 Å². The lowest BCUT2D eigenvalue weighted by Gasteiger charge is -2.18. The highest BCUT2D eigenvalue weighted by Gasteiger charge is 2.19. The topological polar surface area (TPSA) is 95.1 Å². The summed E-state index contributed by atoms with van der Waals surface area (Å²) in [6.45, 7) is 1.10. The van der Waals surface area contributed by atoms with Gasteiger partial charge >= 0.3 is 0 Å². The van der Waals surface area contributed by atoms with E-state index < -0.39 is 5.09 Å². The van der Waals surface area contributed by atoms with Gasteiger partial charge in [0.2, 0.25) is 6.33 Å². The van der Waals surface area contributed by atoms with Gasteiger partial charge in [0.05, 0.1) is 11.7 Å². The highest BCUT2D eigenvalue weighted by Crippen LogP contribution is 2.29. The predicted octanol–water partition coefficient (Wildman–Crippen LogP) is 4.98. The highest BCUT2D eigenvalue weighted by molar-refractivity contribution is 6.35. The number of H-pyrrole nitrogens is 1. The van der Waals surface area contributed by atoms with Gasteiger partial charge in [0, 0.05) is 20.6 Å². The van der Waals surface area contributed by atoms with E-state index in [0.29, 0.717) is 28.2 Å². The monoisotopic (exact) mass is 443 g/mol. The van der Waals surface area contributed by atoms with Crippen molar-refractivity contribution in [1.82, 2.24) is 4.98 Å². The zero-order valence-electron chi connectivity index (χ0n) is 14.4. The van der Waals surface area contributed by atoms with Crippen LogP contribution >= 0.6 is 34.8 Å². The third kappa shape index (κ3) is 7.36. The first-order valence-electron chi connectivity index (χ1n) is 7.99. The number of benzene rings is 2. The molecule has 2 aromatic carbocycles. The van der Waals surface area contributed by atoms with E-state index in [9.17, 15) is 0 Å². The second kappa shape index (κ2) is 10.9. The Balaban J connectivity index is 0.000000640. The minimum absolute atomic E-state index is 0.203. The molecule has 3 rings (SSSR count). The Morgan fingerprint density at radius 2 is 1.71 bits per heavy atom. The van der Waals surface area contributed by atoms with Gasteiger partial charge < -0.3 is 20.1 Å². The fraction of sp³-hybridized carbons (Fsp3) is 0.167. The number of aromatic nitrogens is 2. The van der Waals surface area contributed by atoms with Crippen molar-refractivity contribution >= 4 is 34.8 Å². The molecule has 0 fully saturated rings. The Labute approximate surface area is 176 Å². The molecule has 148 valence electrons. The van der Waals surface area contributed by atoms with Gasteiger partial charge in [-0.25, -0.2) is 4.57 Å². The highest BCUT2D eigenvalue weighted by atomic mass is 35.5. The van der Waals surface area contributed by atoms with E-state index >= 15 is 0 Å². The molecule has 28 heavy (non-hydrogen) atoms. The largest absolute Gasteiger partial charge is 0.365 e. The standard InChI is InChI=1S/C18H15Cl3N2O.NO3/c19-14-3-1-13(2-4-14)11-24-18(10-23-8-7-22-12-23)16-6-5-15(20)9-17(16)21;2-1(3)4/h1-9,12,18H,10-11H2;/q;-1/p+1. The van der Waals surface area contributed by atoms with Crippen molar-refractivity contribution in [2.45, 2.75) is 19.3 Å². The molecule has 0 aliphatic heterocycles. The van der Waals surface area contributed by atoms with Crippen molar-refractivity contribution < 1.29 is 14.4 Å². The Hall–Kier alpha value is -2.32. The summed E-state index contributed by atoms with van der Waals surface area (Å²) in [4.78, 5) is 11.3. The Kier molecular flexibility index (Phi) is 8.53. The number of hydrogen-bond acceptors (Lipinski definition) is 4. The maximum absolute atomic E-state index is 8.25. The molecule has 0 spiro atoms. The number of nitrogens with zero attached hydrogens (tertiary/aromatic N) is 2. The fourth-order valence-electron chi connectivity index (χ4n) is 2.41. The molecular formula is C18H16Cl3N3O4. The van der Waals surface area contributed by atoms with Crippen LogP contribution in [-0.4, -0.2) is 10.1 Å². The first-order chi connectivity index (χ1) is 13.3. The quantitative estimate of drug-likeness (QED) is 0.329. The predicted molar refractivity (Wildman–Crippen MR) is 107 cm³/mol. The lowest BCUT2D eigenvalue weighted by atomic mass is 10.1. The maximum atomic E-state index is 8.25. The van der Waals surface area contributed by atoms with Crippen molar-refractivity contribution in [3.8, 4) is 0 Å². The van der Waals surface area contributed by atoms with Gasteiger partial charge in [0.25, 0.3) is 0 Å². The second-order valence-electron chi connectivity index (χ2n) is 5.62. The van der Waals surface area contributed by atoms with E-state index in [1.165, 1.54) is 0 Å². The van der Waals surface area contributed by atoms with Crippen LogP contribution in [-0.2, 0) is 17.9 Å². The number of nitrogens with one attached hydrogen (secondary N) is 1. The van der Waals surface area contributed by atoms with Crippen molar-refractivity contribution in [2.75, 3.05) is 0 Å². The zero-order chi connectivity index (χ0) is 20.5. The van der Waals surface area contributed by atoms with Gasteiger partial charge in [-0.3, -0.25) is 4.98 Å². The summed E-state index contributed by atoms with van der Waals surface area (Å²) in [5.41, 5.74) is 1.96. The number of ether oxygens (including phenoxy) is 1. The number of halogens is 3. The lowest BCUT2D eigenvalue weighted by molar-refractivity contribution is -0.704. The molecule has 1 atom stereocenters. The summed E-state index contributed by atoms with van der Waals surface area (Å²) in [6, 6.07) is 13.1. The molecule has 0 aliphatic rings. The van der Waals surface area contributed by atoms with E-state index in [4.69, 9.17) is 54.9 Å². The fourth-order valence-corrected chi connectivity index (χ4v) is 3.06. The van der Waals surface area contributed by atoms with Gasteiger partial charge in [0.15, 0.2) is 0 Å².